The van der Waals surface area contributed by atoms with Crippen LogP contribution in [0.3, 0.4) is 0 Å². The second-order valence-electron chi connectivity index (χ2n) is 3.78. The number of aryl methyl sites for hydroxylation is 1. The summed E-state index contributed by atoms with van der Waals surface area (Å²) >= 11 is 5.84. The minimum atomic E-state index is -0.684. The highest BCUT2D eigenvalue weighted by molar-refractivity contribution is 6.31. The Hall–Kier alpha value is -1.49. The first-order valence-electron chi connectivity index (χ1n) is 5.82. The lowest BCUT2D eigenvalue weighted by atomic mass is 10.3. The van der Waals surface area contributed by atoms with E-state index in [1.54, 1.807) is 30.7 Å². The second-order valence-corrected chi connectivity index (χ2v) is 4.21. The summed E-state index contributed by atoms with van der Waals surface area (Å²) in [6, 6.07) is 0.884. The fourth-order valence-corrected chi connectivity index (χ4v) is 1.74. The van der Waals surface area contributed by atoms with Crippen molar-refractivity contribution in [3.05, 3.63) is 23.0 Å². The van der Waals surface area contributed by atoms with Crippen molar-refractivity contribution in [1.82, 2.24) is 9.88 Å². The third-order valence-corrected chi connectivity index (χ3v) is 2.63. The number of rotatable bonds is 5. The first-order chi connectivity index (χ1) is 8.49. The van der Waals surface area contributed by atoms with Gasteiger partial charge in [0.25, 0.3) is 5.91 Å². The first kappa shape index (κ1) is 14.6. The summed E-state index contributed by atoms with van der Waals surface area (Å²) in [6.07, 6.45) is 1.67. The van der Waals surface area contributed by atoms with Crippen LogP contribution in [0.5, 0.6) is 0 Å². The van der Waals surface area contributed by atoms with E-state index in [0.717, 1.165) is 0 Å². The maximum absolute atomic E-state index is 12.0. The Morgan fingerprint density at radius 2 is 2.17 bits per heavy atom. The van der Waals surface area contributed by atoms with E-state index in [0.29, 0.717) is 17.3 Å². The molecule has 6 heteroatoms. The van der Waals surface area contributed by atoms with Crippen molar-refractivity contribution < 1.29 is 14.3 Å². The summed E-state index contributed by atoms with van der Waals surface area (Å²) in [5.74, 6) is -0.796. The fourth-order valence-electron chi connectivity index (χ4n) is 1.52. The van der Waals surface area contributed by atoms with Crippen molar-refractivity contribution in [2.75, 3.05) is 6.61 Å². The quantitative estimate of drug-likeness (QED) is 0.832. The van der Waals surface area contributed by atoms with Crippen molar-refractivity contribution in [1.29, 1.82) is 0 Å². The van der Waals surface area contributed by atoms with Gasteiger partial charge in [-0.1, -0.05) is 11.6 Å². The molecule has 18 heavy (non-hydrogen) atoms. The molecule has 100 valence electrons. The van der Waals surface area contributed by atoms with Crippen LogP contribution >= 0.6 is 11.6 Å². The number of ether oxygens (including phenoxy) is 1. The predicted octanol–water partition coefficient (Wildman–Crippen LogP) is 1.84. The van der Waals surface area contributed by atoms with E-state index in [1.807, 2.05) is 6.92 Å². The molecule has 1 atom stereocenters. The minimum absolute atomic E-state index is 0.288. The van der Waals surface area contributed by atoms with E-state index in [4.69, 9.17) is 16.3 Å². The van der Waals surface area contributed by atoms with E-state index in [1.165, 1.54) is 0 Å². The molecule has 1 aromatic heterocycles. The van der Waals surface area contributed by atoms with Gasteiger partial charge in [-0.15, -0.1) is 0 Å². The molecule has 0 aliphatic rings. The molecular formula is C12H17ClN2O3. The summed E-state index contributed by atoms with van der Waals surface area (Å²) in [6.45, 7) is 6.12. The molecule has 1 rings (SSSR count). The second kappa shape index (κ2) is 6.44. The monoisotopic (exact) mass is 272 g/mol. The van der Waals surface area contributed by atoms with Crippen LogP contribution in [0.1, 0.15) is 31.3 Å². The third kappa shape index (κ3) is 3.50. The normalized spacial score (nSPS) is 12.0. The van der Waals surface area contributed by atoms with Crippen molar-refractivity contribution in [3.8, 4) is 0 Å². The van der Waals surface area contributed by atoms with Gasteiger partial charge < -0.3 is 14.6 Å². The van der Waals surface area contributed by atoms with Crippen LogP contribution < -0.4 is 5.32 Å². The van der Waals surface area contributed by atoms with Crippen molar-refractivity contribution in [2.45, 2.75) is 33.4 Å². The lowest BCUT2D eigenvalue weighted by molar-refractivity contribution is -0.144. The molecular weight excluding hydrogens is 256 g/mol. The number of carbonyl (C=O) groups is 2. The van der Waals surface area contributed by atoms with Gasteiger partial charge >= 0.3 is 5.97 Å². The number of hydrogen-bond donors (Lipinski definition) is 1. The topological polar surface area (TPSA) is 60.3 Å². The molecule has 0 aliphatic heterocycles. The van der Waals surface area contributed by atoms with Crippen LogP contribution in [-0.4, -0.2) is 29.1 Å². The van der Waals surface area contributed by atoms with Crippen LogP contribution in [0.25, 0.3) is 0 Å². The standard InChI is InChI=1S/C12H17ClN2O3/c1-4-15-7-9(13)6-10(15)11(16)14-8(3)12(17)18-5-2/h6-8H,4-5H2,1-3H3,(H,14,16). The van der Waals surface area contributed by atoms with E-state index < -0.39 is 12.0 Å². The zero-order valence-electron chi connectivity index (χ0n) is 10.7. The van der Waals surface area contributed by atoms with Crippen LogP contribution in [-0.2, 0) is 16.1 Å². The molecule has 0 fully saturated rings. The van der Waals surface area contributed by atoms with Gasteiger partial charge in [-0.2, -0.15) is 0 Å². The number of esters is 1. The number of aromatic nitrogens is 1. The fraction of sp³-hybridized carbons (Fsp3) is 0.500. The van der Waals surface area contributed by atoms with E-state index in [2.05, 4.69) is 5.32 Å². The Labute approximate surface area is 111 Å². The molecule has 0 aliphatic carbocycles. The van der Waals surface area contributed by atoms with Gasteiger partial charge in [0, 0.05) is 12.7 Å². The van der Waals surface area contributed by atoms with Crippen LogP contribution in [0, 0.1) is 0 Å². The van der Waals surface area contributed by atoms with Crippen molar-refractivity contribution in [3.63, 3.8) is 0 Å². The molecule has 5 nitrogen and oxygen atoms in total. The zero-order valence-corrected chi connectivity index (χ0v) is 11.5. The molecule has 0 saturated carbocycles. The molecule has 0 aromatic carbocycles. The Balaban J connectivity index is 2.73. The molecule has 0 radical (unpaired) electrons. The number of halogens is 1. The Bertz CT molecular complexity index is 443. The molecule has 0 bridgehead atoms. The number of carbonyl (C=O) groups excluding carboxylic acids is 2. The lowest BCUT2D eigenvalue weighted by Crippen LogP contribution is -2.40. The number of amides is 1. The highest BCUT2D eigenvalue weighted by Crippen LogP contribution is 2.14. The third-order valence-electron chi connectivity index (χ3n) is 2.42. The average molecular weight is 273 g/mol. The number of nitrogens with one attached hydrogen (secondary N) is 1. The Morgan fingerprint density at radius 1 is 1.50 bits per heavy atom. The number of hydrogen-bond acceptors (Lipinski definition) is 3. The highest BCUT2D eigenvalue weighted by atomic mass is 35.5. The number of nitrogens with zero attached hydrogens (tertiary/aromatic N) is 1. The first-order valence-corrected chi connectivity index (χ1v) is 6.20. The predicted molar refractivity (Wildman–Crippen MR) is 68.7 cm³/mol. The van der Waals surface area contributed by atoms with Crippen molar-refractivity contribution >= 4 is 23.5 Å². The maximum atomic E-state index is 12.0. The summed E-state index contributed by atoms with van der Waals surface area (Å²) in [5, 5.41) is 3.07. The van der Waals surface area contributed by atoms with Gasteiger partial charge in [-0.3, -0.25) is 4.79 Å². The average Bonchev–Trinajstić information content (AvgIpc) is 2.70. The molecule has 0 spiro atoms. The van der Waals surface area contributed by atoms with Crippen LogP contribution in [0.2, 0.25) is 5.02 Å². The van der Waals surface area contributed by atoms with Gasteiger partial charge in [0.05, 0.1) is 11.6 Å². The van der Waals surface area contributed by atoms with Crippen LogP contribution in [0.15, 0.2) is 12.3 Å². The molecule has 1 unspecified atom stereocenters. The maximum Gasteiger partial charge on any atom is 0.328 e. The summed E-state index contributed by atoms with van der Waals surface area (Å²) in [4.78, 5) is 23.4. The molecule has 1 N–H and O–H groups in total. The van der Waals surface area contributed by atoms with E-state index in [9.17, 15) is 9.59 Å². The molecule has 0 saturated heterocycles. The Kier molecular flexibility index (Phi) is 5.22. The highest BCUT2D eigenvalue weighted by Gasteiger charge is 2.19. The smallest absolute Gasteiger partial charge is 0.328 e. The lowest BCUT2D eigenvalue weighted by Gasteiger charge is -2.13. The minimum Gasteiger partial charge on any atom is -0.464 e. The van der Waals surface area contributed by atoms with Gasteiger partial charge in [-0.25, -0.2) is 4.79 Å². The van der Waals surface area contributed by atoms with Crippen molar-refractivity contribution in [2.24, 2.45) is 0 Å². The molecule has 1 aromatic rings. The van der Waals surface area contributed by atoms with E-state index in [-0.39, 0.29) is 12.5 Å². The van der Waals surface area contributed by atoms with E-state index >= 15 is 0 Å². The largest absolute Gasteiger partial charge is 0.464 e. The van der Waals surface area contributed by atoms with Gasteiger partial charge in [0.15, 0.2) is 0 Å². The van der Waals surface area contributed by atoms with Gasteiger partial charge in [-0.05, 0) is 26.8 Å². The summed E-state index contributed by atoms with van der Waals surface area (Å²) < 4.78 is 6.53. The SMILES string of the molecule is CCOC(=O)C(C)NC(=O)c1cc(Cl)cn1CC. The molecule has 1 heterocycles. The zero-order chi connectivity index (χ0) is 13.7. The summed E-state index contributed by atoms with van der Waals surface area (Å²) in [5.41, 5.74) is 0.429. The Morgan fingerprint density at radius 3 is 2.72 bits per heavy atom. The van der Waals surface area contributed by atoms with Gasteiger partial charge in [0.1, 0.15) is 11.7 Å². The van der Waals surface area contributed by atoms with Crippen LogP contribution in [0.4, 0.5) is 0 Å². The van der Waals surface area contributed by atoms with Gasteiger partial charge in [0.2, 0.25) is 0 Å². The molecule has 1 amide bonds. The summed E-state index contributed by atoms with van der Waals surface area (Å²) in [7, 11) is 0.